The molecule has 0 radical (unpaired) electrons. The van der Waals surface area contributed by atoms with Crippen LogP contribution < -0.4 is 16.0 Å². The van der Waals surface area contributed by atoms with Crippen molar-refractivity contribution in [1.29, 1.82) is 0 Å². The van der Waals surface area contributed by atoms with Crippen LogP contribution in [-0.4, -0.2) is 21.0 Å². The Morgan fingerprint density at radius 1 is 1.09 bits per heavy atom. The van der Waals surface area contributed by atoms with E-state index in [-0.39, 0.29) is 11.0 Å². The molecule has 0 bridgehead atoms. The van der Waals surface area contributed by atoms with Crippen molar-refractivity contribution in [2.24, 2.45) is 0 Å². The van der Waals surface area contributed by atoms with Gasteiger partial charge in [-0.15, -0.1) is 0 Å². The molecule has 0 unspecified atom stereocenters. The zero-order chi connectivity index (χ0) is 17.0. The van der Waals surface area contributed by atoms with Gasteiger partial charge in [0, 0.05) is 18.0 Å². The fraction of sp³-hybridized carbons (Fsp3) is 0.200. The first-order valence-corrected chi connectivity index (χ1v) is 8.20. The van der Waals surface area contributed by atoms with Gasteiger partial charge in [0.15, 0.2) is 5.11 Å². The lowest BCUT2D eigenvalue weighted by molar-refractivity contribution is -0.119. The first-order chi connectivity index (χ1) is 10.8. The van der Waals surface area contributed by atoms with Gasteiger partial charge >= 0.3 is 0 Å². The minimum atomic E-state index is -1.75. The Hall–Kier alpha value is -1.27. The van der Waals surface area contributed by atoms with Crippen molar-refractivity contribution in [3.63, 3.8) is 0 Å². The lowest BCUT2D eigenvalue weighted by Crippen LogP contribution is -2.55. The molecule has 0 spiro atoms. The number of hydrogen-bond donors (Lipinski definition) is 3. The molecule has 0 heterocycles. The monoisotopic (exact) mass is 389 g/mol. The van der Waals surface area contributed by atoms with Crippen molar-refractivity contribution in [3.8, 4) is 0 Å². The van der Waals surface area contributed by atoms with Crippen LogP contribution >= 0.6 is 47.0 Å². The molecular formula is C15H14Cl3N3OS. The number of carbonyl (C=O) groups excluding carboxylic acids is 1. The van der Waals surface area contributed by atoms with Crippen LogP contribution in [0.3, 0.4) is 0 Å². The average Bonchev–Trinajstić information content (AvgIpc) is 2.45. The molecule has 0 saturated carbocycles. The number of thiocarbonyl (C=S) groups is 1. The van der Waals surface area contributed by atoms with E-state index in [1.165, 1.54) is 6.92 Å². The Kier molecular flexibility index (Phi) is 5.92. The molecule has 2 aromatic rings. The Morgan fingerprint density at radius 2 is 1.74 bits per heavy atom. The number of rotatable bonds is 3. The van der Waals surface area contributed by atoms with Gasteiger partial charge in [0.2, 0.25) is 9.70 Å². The summed E-state index contributed by atoms with van der Waals surface area (Å²) < 4.78 is -1.75. The van der Waals surface area contributed by atoms with Crippen LogP contribution in [0.4, 0.5) is 5.69 Å². The summed E-state index contributed by atoms with van der Waals surface area (Å²) in [5.41, 5.74) is 0.812. The normalized spacial score (nSPS) is 12.5. The third-order valence-electron chi connectivity index (χ3n) is 2.99. The molecule has 8 heteroatoms. The fourth-order valence-corrected chi connectivity index (χ4v) is 2.58. The molecule has 2 rings (SSSR count). The average molecular weight is 391 g/mol. The molecule has 1 amide bonds. The van der Waals surface area contributed by atoms with E-state index in [0.29, 0.717) is 0 Å². The molecule has 0 aliphatic rings. The molecule has 4 nitrogen and oxygen atoms in total. The summed E-state index contributed by atoms with van der Waals surface area (Å²) in [5.74, 6) is -0.346. The van der Waals surface area contributed by atoms with Gasteiger partial charge in [0.05, 0.1) is 0 Å². The van der Waals surface area contributed by atoms with Crippen LogP contribution in [0.5, 0.6) is 0 Å². The SMILES string of the molecule is CC(=O)N[C@@H](NC(=S)Nc1cccc2ccccc12)C(Cl)(Cl)Cl. The van der Waals surface area contributed by atoms with Gasteiger partial charge in [-0.25, -0.2) is 0 Å². The summed E-state index contributed by atoms with van der Waals surface area (Å²) >= 11 is 22.8. The highest BCUT2D eigenvalue weighted by atomic mass is 35.6. The number of fused-ring (bicyclic) bond motifs is 1. The summed E-state index contributed by atoms with van der Waals surface area (Å²) in [6.45, 7) is 1.33. The molecule has 3 N–H and O–H groups in total. The van der Waals surface area contributed by atoms with Crippen LogP contribution in [0.15, 0.2) is 42.5 Å². The third-order valence-corrected chi connectivity index (χ3v) is 3.86. The predicted molar refractivity (Wildman–Crippen MR) is 101 cm³/mol. The van der Waals surface area contributed by atoms with Crippen molar-refractivity contribution < 1.29 is 4.79 Å². The smallest absolute Gasteiger partial charge is 0.228 e. The topological polar surface area (TPSA) is 53.2 Å². The van der Waals surface area contributed by atoms with Gasteiger partial charge in [-0.05, 0) is 23.7 Å². The number of hydrogen-bond acceptors (Lipinski definition) is 2. The molecule has 0 fully saturated rings. The van der Waals surface area contributed by atoms with E-state index < -0.39 is 9.96 Å². The molecule has 122 valence electrons. The van der Waals surface area contributed by atoms with Crippen molar-refractivity contribution in [2.75, 3.05) is 5.32 Å². The third kappa shape index (κ3) is 5.11. The summed E-state index contributed by atoms with van der Waals surface area (Å²) in [4.78, 5) is 11.2. The standard InChI is InChI=1S/C15H14Cl3N3OS/c1-9(22)19-13(15(16,17)18)21-14(23)20-12-8-4-6-10-5-2-3-7-11(10)12/h2-8,13H,1H3,(H,19,22)(H2,20,21,23)/t13-/m0/s1. The molecule has 23 heavy (non-hydrogen) atoms. The minimum absolute atomic E-state index is 0.228. The number of anilines is 1. The zero-order valence-corrected chi connectivity index (χ0v) is 15.2. The lowest BCUT2D eigenvalue weighted by Gasteiger charge is -2.27. The number of alkyl halides is 3. The minimum Gasteiger partial charge on any atom is -0.339 e. The van der Waals surface area contributed by atoms with E-state index in [0.717, 1.165) is 16.5 Å². The van der Waals surface area contributed by atoms with Gasteiger partial charge in [0.25, 0.3) is 0 Å². The van der Waals surface area contributed by atoms with E-state index >= 15 is 0 Å². The highest BCUT2D eigenvalue weighted by molar-refractivity contribution is 7.80. The zero-order valence-electron chi connectivity index (χ0n) is 12.1. The molecule has 2 aromatic carbocycles. The number of nitrogens with one attached hydrogen (secondary N) is 3. The second kappa shape index (κ2) is 7.53. The van der Waals surface area contributed by atoms with Gasteiger partial charge in [-0.2, -0.15) is 0 Å². The number of halogens is 3. The quantitative estimate of drug-likeness (QED) is 0.422. The van der Waals surface area contributed by atoms with Crippen LogP contribution in [0.1, 0.15) is 6.92 Å². The maximum Gasteiger partial charge on any atom is 0.228 e. The highest BCUT2D eigenvalue weighted by Gasteiger charge is 2.34. The van der Waals surface area contributed by atoms with E-state index in [4.69, 9.17) is 47.0 Å². The first kappa shape index (κ1) is 18.1. The number of amides is 1. The summed E-state index contributed by atoms with van der Waals surface area (Å²) in [6.07, 6.45) is -0.958. The van der Waals surface area contributed by atoms with E-state index in [1.807, 2.05) is 42.5 Å². The first-order valence-electron chi connectivity index (χ1n) is 6.66. The van der Waals surface area contributed by atoms with Gasteiger partial charge in [-0.1, -0.05) is 71.2 Å². The summed E-state index contributed by atoms with van der Waals surface area (Å²) in [7, 11) is 0. The second-order valence-corrected chi connectivity index (χ2v) is 7.58. The summed E-state index contributed by atoms with van der Waals surface area (Å²) in [5, 5.41) is 10.6. The largest absolute Gasteiger partial charge is 0.339 e. The van der Waals surface area contributed by atoms with Crippen LogP contribution in [0.2, 0.25) is 0 Å². The fourth-order valence-electron chi connectivity index (χ4n) is 2.03. The maximum absolute atomic E-state index is 11.2. The molecule has 0 aromatic heterocycles. The predicted octanol–water partition coefficient (Wildman–Crippen LogP) is 3.96. The number of carbonyl (C=O) groups is 1. The van der Waals surface area contributed by atoms with Crippen molar-refractivity contribution in [2.45, 2.75) is 16.9 Å². The van der Waals surface area contributed by atoms with Gasteiger partial charge in [-0.3, -0.25) is 4.79 Å². The Balaban J connectivity index is 2.15. The second-order valence-electron chi connectivity index (χ2n) is 4.80. The Labute approximate surface area is 154 Å². The molecule has 0 aliphatic carbocycles. The van der Waals surface area contributed by atoms with Gasteiger partial charge in [0.1, 0.15) is 6.17 Å². The van der Waals surface area contributed by atoms with Gasteiger partial charge < -0.3 is 16.0 Å². The molecule has 1 atom stereocenters. The van der Waals surface area contributed by atoms with Crippen LogP contribution in [-0.2, 0) is 4.79 Å². The van der Waals surface area contributed by atoms with E-state index in [2.05, 4.69) is 16.0 Å². The van der Waals surface area contributed by atoms with Crippen molar-refractivity contribution in [1.82, 2.24) is 10.6 Å². The number of benzene rings is 2. The van der Waals surface area contributed by atoms with E-state index in [1.54, 1.807) is 0 Å². The van der Waals surface area contributed by atoms with Crippen molar-refractivity contribution >= 4 is 74.5 Å². The van der Waals surface area contributed by atoms with E-state index in [9.17, 15) is 4.79 Å². The maximum atomic E-state index is 11.2. The summed E-state index contributed by atoms with van der Waals surface area (Å²) in [6, 6.07) is 13.7. The Bertz CT molecular complexity index is 728. The Morgan fingerprint density at radius 3 is 2.39 bits per heavy atom. The van der Waals surface area contributed by atoms with Crippen molar-refractivity contribution in [3.05, 3.63) is 42.5 Å². The molecular weight excluding hydrogens is 377 g/mol. The molecule has 0 saturated heterocycles. The molecule has 0 aliphatic heterocycles. The van der Waals surface area contributed by atoms with Crippen LogP contribution in [0.25, 0.3) is 10.8 Å². The lowest BCUT2D eigenvalue weighted by atomic mass is 10.1. The highest BCUT2D eigenvalue weighted by Crippen LogP contribution is 2.29. The van der Waals surface area contributed by atoms with Crippen LogP contribution in [0, 0.1) is 0 Å².